The van der Waals surface area contributed by atoms with Gasteiger partial charge in [0.15, 0.2) is 0 Å². The van der Waals surface area contributed by atoms with Crippen LogP contribution in [-0.2, 0) is 35.7 Å². The molecule has 6 aromatic rings. The van der Waals surface area contributed by atoms with Crippen molar-refractivity contribution >= 4 is 41.0 Å². The first kappa shape index (κ1) is 50.3. The third kappa shape index (κ3) is 12.7. The molecule has 10 nitrogen and oxygen atoms in total. The number of rotatable bonds is 12. The summed E-state index contributed by atoms with van der Waals surface area (Å²) in [6.45, 7) is 17.6. The molecule has 2 atom stereocenters. The van der Waals surface area contributed by atoms with Crippen LogP contribution in [0.5, 0.6) is 0 Å². The van der Waals surface area contributed by atoms with E-state index in [9.17, 15) is 28.4 Å². The normalized spacial score (nSPS) is 12.1. The molecule has 2 heterocycles. The fraction of sp³-hybridized carbons (Fsp3) is 0.340. The molecule has 0 amide bonds. The molecule has 0 N–H and O–H groups in total. The Morgan fingerprint density at radius 1 is 0.667 bits per heavy atom. The van der Waals surface area contributed by atoms with Crippen LogP contribution in [0, 0.1) is 44.0 Å². The molecule has 0 fully saturated rings. The molecular weight excluding hydrogens is 934 g/mol. The van der Waals surface area contributed by atoms with E-state index >= 15 is 0 Å². The molecule has 0 saturated carbocycles. The van der Waals surface area contributed by atoms with Crippen LogP contribution in [0.15, 0.2) is 122 Å². The summed E-state index contributed by atoms with van der Waals surface area (Å²) in [5, 5.41) is 0. The molecule has 334 valence electrons. The van der Waals surface area contributed by atoms with Gasteiger partial charge < -0.3 is 4.74 Å². The van der Waals surface area contributed by atoms with E-state index in [1.807, 2.05) is 80.6 Å². The van der Waals surface area contributed by atoms with Crippen molar-refractivity contribution < 1.29 is 13.9 Å². The molecule has 0 aliphatic carbocycles. The molecule has 0 radical (unpaired) electrons. The summed E-state index contributed by atoms with van der Waals surface area (Å²) in [6.07, 6.45) is 0.00740. The first-order chi connectivity index (χ1) is 29.3. The smallest absolute Gasteiger partial charge is 0.331 e. The summed E-state index contributed by atoms with van der Waals surface area (Å²) in [5.41, 5.74) is 5.54. The molecule has 0 unspecified atom stereocenters. The lowest BCUT2D eigenvalue weighted by molar-refractivity contribution is -0.155. The highest BCUT2D eigenvalue weighted by Gasteiger charge is 2.24. The number of nitrogens with zero attached hydrogens (tertiary/aromatic N) is 4. The minimum Gasteiger partial charge on any atom is -0.460 e. The number of carbonyl (C=O) groups is 1. The van der Waals surface area contributed by atoms with Crippen molar-refractivity contribution in [2.24, 2.45) is 0 Å². The number of benzene rings is 4. The zero-order valence-corrected chi connectivity index (χ0v) is 40.4. The Bertz CT molecular complexity index is 2750. The van der Waals surface area contributed by atoms with E-state index in [-0.39, 0.29) is 49.1 Å². The highest BCUT2D eigenvalue weighted by atomic mass is 127. The molecule has 2 aromatic heterocycles. The third-order valence-corrected chi connectivity index (χ3v) is 12.3. The van der Waals surface area contributed by atoms with Crippen LogP contribution in [0.3, 0.4) is 0 Å². The van der Waals surface area contributed by atoms with Gasteiger partial charge in [-0.25, -0.2) is 14.0 Å². The largest absolute Gasteiger partial charge is 0.460 e. The van der Waals surface area contributed by atoms with E-state index in [1.54, 1.807) is 51.3 Å². The van der Waals surface area contributed by atoms with Crippen LogP contribution < -0.4 is 22.5 Å². The summed E-state index contributed by atoms with van der Waals surface area (Å²) in [7, 11) is 0. The van der Waals surface area contributed by atoms with Crippen LogP contribution in [0.4, 0.5) is 4.39 Å². The number of halogens is 3. The second-order valence-electron chi connectivity index (χ2n) is 16.9. The van der Waals surface area contributed by atoms with E-state index in [0.29, 0.717) is 27.9 Å². The van der Waals surface area contributed by atoms with Gasteiger partial charge in [-0.05, 0) is 123 Å². The molecule has 6 rings (SSSR count). The maximum absolute atomic E-state index is 14.5. The molecule has 13 heteroatoms. The van der Waals surface area contributed by atoms with Gasteiger partial charge in [-0.3, -0.25) is 32.7 Å². The van der Waals surface area contributed by atoms with Crippen molar-refractivity contribution in [2.75, 3.05) is 0 Å². The Hall–Kier alpha value is -5.34. The fourth-order valence-electron chi connectivity index (χ4n) is 7.46. The van der Waals surface area contributed by atoms with Gasteiger partial charge in [-0.2, -0.15) is 0 Å². The van der Waals surface area contributed by atoms with Gasteiger partial charge >= 0.3 is 17.3 Å². The van der Waals surface area contributed by atoms with Crippen molar-refractivity contribution in [1.82, 2.24) is 18.3 Å². The lowest BCUT2D eigenvalue weighted by atomic mass is 9.95. The molecule has 63 heavy (non-hydrogen) atoms. The van der Waals surface area contributed by atoms with Gasteiger partial charge in [0.2, 0.25) is 0 Å². The first-order valence-electron chi connectivity index (χ1n) is 20.7. The van der Waals surface area contributed by atoms with Crippen molar-refractivity contribution in [3.63, 3.8) is 0 Å². The van der Waals surface area contributed by atoms with Crippen LogP contribution in [-0.4, -0.2) is 29.8 Å². The molecule has 0 saturated heterocycles. The number of hydrogen-bond acceptors (Lipinski definition) is 6. The number of aromatic nitrogens is 4. The van der Waals surface area contributed by atoms with E-state index in [2.05, 4.69) is 48.6 Å². The zero-order chi connectivity index (χ0) is 45.5. The minimum atomic E-state index is -0.649. The van der Waals surface area contributed by atoms with Crippen molar-refractivity contribution in [3.8, 4) is 0 Å². The zero-order valence-electron chi connectivity index (χ0n) is 37.4. The maximum atomic E-state index is 14.5. The second kappa shape index (κ2) is 21.8. The molecule has 0 bridgehead atoms. The van der Waals surface area contributed by atoms with Gasteiger partial charge in [-0.1, -0.05) is 97.9 Å². The number of carbonyl (C=O) groups excluding carboxylic acids is 1. The SMILES string of the molecule is Cc1cccc(C)c1Cn1c(C)c(I)c(=O)n(C[C@H](C)c2ccccc2)c1=O.Cc1cccc(F)c1Cn1c(C)cc(=O)n(C[C@H](CC(=O)OC(C)(C)C)c2ccccc2)c1=O.Cl. The number of esters is 1. The molecular formula is C50H57ClFIN4O6. The third-order valence-electron chi connectivity index (χ3n) is 11.1. The minimum absolute atomic E-state index is 0. The van der Waals surface area contributed by atoms with Gasteiger partial charge in [0, 0.05) is 42.0 Å². The van der Waals surface area contributed by atoms with Crippen molar-refractivity contribution in [1.29, 1.82) is 0 Å². The highest BCUT2D eigenvalue weighted by Crippen LogP contribution is 2.24. The Morgan fingerprint density at radius 3 is 1.73 bits per heavy atom. The molecule has 0 aliphatic heterocycles. The fourth-order valence-corrected chi connectivity index (χ4v) is 8.04. The number of hydrogen-bond donors (Lipinski definition) is 0. The lowest BCUT2D eigenvalue weighted by Gasteiger charge is -2.23. The quantitative estimate of drug-likeness (QED) is 0.0893. The van der Waals surface area contributed by atoms with E-state index in [4.69, 9.17) is 4.74 Å². The predicted octanol–water partition coefficient (Wildman–Crippen LogP) is 9.14. The van der Waals surface area contributed by atoms with Crippen LogP contribution in [0.25, 0.3) is 0 Å². The van der Waals surface area contributed by atoms with Crippen molar-refractivity contribution in [3.05, 3.63) is 205 Å². The average Bonchev–Trinajstić information content (AvgIpc) is 3.22. The second-order valence-corrected chi connectivity index (χ2v) is 18.0. The van der Waals surface area contributed by atoms with Gasteiger partial charge in [0.25, 0.3) is 11.1 Å². The van der Waals surface area contributed by atoms with E-state index in [0.717, 1.165) is 43.6 Å². The summed E-state index contributed by atoms with van der Waals surface area (Å²) in [6, 6.07) is 31.5. The van der Waals surface area contributed by atoms with Gasteiger partial charge in [0.05, 0.1) is 23.1 Å². The van der Waals surface area contributed by atoms with Crippen molar-refractivity contribution in [2.45, 2.75) is 112 Å². The Kier molecular flexibility index (Phi) is 17.4. The Morgan fingerprint density at radius 2 is 1.17 bits per heavy atom. The maximum Gasteiger partial charge on any atom is 0.331 e. The van der Waals surface area contributed by atoms with E-state index < -0.39 is 34.6 Å². The predicted molar refractivity (Wildman–Crippen MR) is 259 cm³/mol. The summed E-state index contributed by atoms with van der Waals surface area (Å²) < 4.78 is 26.2. The summed E-state index contributed by atoms with van der Waals surface area (Å²) in [5.74, 6) is -1.20. The van der Waals surface area contributed by atoms with E-state index in [1.165, 1.54) is 21.3 Å². The topological polar surface area (TPSA) is 114 Å². The number of aryl methyl sites for hydroxylation is 4. The monoisotopic (exact) mass is 990 g/mol. The number of ether oxygens (including phenoxy) is 1. The average molecular weight is 991 g/mol. The molecule has 0 aliphatic rings. The van der Waals surface area contributed by atoms with Crippen LogP contribution in [0.1, 0.15) is 96.3 Å². The Balaban J connectivity index is 0.000000277. The molecule has 4 aromatic carbocycles. The van der Waals surface area contributed by atoms with Gasteiger partial charge in [-0.15, -0.1) is 12.4 Å². The van der Waals surface area contributed by atoms with Gasteiger partial charge in [0.1, 0.15) is 11.4 Å². The highest BCUT2D eigenvalue weighted by molar-refractivity contribution is 14.1. The standard InChI is InChI=1S/C27H31FN2O4.C23H25IN2O2.ClH/c1-18-10-9-13-23(28)22(18)17-29-19(2)14-24(31)30(26(29)33)16-21(20-11-7-6-8-12-20)15-25(32)34-27(3,4)5;1-15-9-8-10-16(2)20(15)14-25-18(4)21(24)22(27)26(23(25)28)13-17(3)19-11-6-5-7-12-19;/h6-14,21H,15-17H2,1-5H3;5-12,17H,13-14H2,1-4H3;1H/t21-;17-;/m00./s1. The summed E-state index contributed by atoms with van der Waals surface area (Å²) in [4.78, 5) is 65.0. The summed E-state index contributed by atoms with van der Waals surface area (Å²) >= 11 is 2.07. The Labute approximate surface area is 388 Å². The lowest BCUT2D eigenvalue weighted by Crippen LogP contribution is -2.43. The first-order valence-corrected chi connectivity index (χ1v) is 21.8. The van der Waals surface area contributed by atoms with Crippen LogP contribution >= 0.6 is 35.0 Å². The van der Waals surface area contributed by atoms with Crippen LogP contribution in [0.2, 0.25) is 0 Å². The molecule has 0 spiro atoms.